The summed E-state index contributed by atoms with van der Waals surface area (Å²) < 4.78 is 38.1. The molecule has 24 heavy (non-hydrogen) atoms. The van der Waals surface area contributed by atoms with Crippen LogP contribution in [0.25, 0.3) is 0 Å². The van der Waals surface area contributed by atoms with Gasteiger partial charge in [-0.25, -0.2) is 4.98 Å². The number of fused-ring (bicyclic) bond motifs is 1. The highest BCUT2D eigenvalue weighted by Crippen LogP contribution is 2.28. The molecule has 128 valence electrons. The van der Waals surface area contributed by atoms with Crippen LogP contribution >= 0.6 is 23.2 Å². The number of hydrogen-bond donors (Lipinski definition) is 1. The second-order valence-corrected chi connectivity index (χ2v) is 6.19. The van der Waals surface area contributed by atoms with E-state index in [1.165, 1.54) is 12.4 Å². The minimum Gasteiger partial charge on any atom is -0.303 e. The first kappa shape index (κ1) is 17.2. The Hall–Kier alpha value is -1.64. The van der Waals surface area contributed by atoms with E-state index in [1.54, 1.807) is 4.98 Å². The van der Waals surface area contributed by atoms with E-state index in [9.17, 15) is 18.0 Å². The van der Waals surface area contributed by atoms with Crippen molar-refractivity contribution in [1.29, 1.82) is 0 Å². The number of aromatic nitrogens is 3. The van der Waals surface area contributed by atoms with Crippen LogP contribution in [-0.2, 0) is 25.7 Å². The van der Waals surface area contributed by atoms with Crippen molar-refractivity contribution in [3.8, 4) is 0 Å². The lowest BCUT2D eigenvalue weighted by Crippen LogP contribution is -2.36. The molecule has 0 bridgehead atoms. The van der Waals surface area contributed by atoms with Gasteiger partial charge < -0.3 is 4.98 Å². The van der Waals surface area contributed by atoms with E-state index in [0.29, 0.717) is 28.7 Å². The molecule has 3 heterocycles. The molecule has 10 heteroatoms. The van der Waals surface area contributed by atoms with Crippen molar-refractivity contribution >= 4 is 23.2 Å². The van der Waals surface area contributed by atoms with Crippen LogP contribution in [0.5, 0.6) is 0 Å². The van der Waals surface area contributed by atoms with Crippen LogP contribution in [-0.4, -0.2) is 26.4 Å². The zero-order valence-electron chi connectivity index (χ0n) is 12.1. The Morgan fingerprint density at radius 3 is 2.54 bits per heavy atom. The molecule has 0 aromatic carbocycles. The standard InChI is InChI=1S/C14H11Cl2F3N4O/c15-9-3-20-4-10(16)7(9)5-23-2-1-11-8(6-23)12(24)22-13(21-11)14(17,18)19/h3-4H,1-2,5-6H2,(H,21,22,24). The highest BCUT2D eigenvalue weighted by atomic mass is 35.5. The summed E-state index contributed by atoms with van der Waals surface area (Å²) in [7, 11) is 0. The fraction of sp³-hybridized carbons (Fsp3) is 0.357. The molecule has 2 aromatic rings. The highest BCUT2D eigenvalue weighted by Gasteiger charge is 2.36. The first-order valence-corrected chi connectivity index (χ1v) is 7.71. The minimum atomic E-state index is -4.68. The molecule has 5 nitrogen and oxygen atoms in total. The summed E-state index contributed by atoms with van der Waals surface area (Å²) in [6.07, 6.45) is -1.51. The quantitative estimate of drug-likeness (QED) is 0.872. The van der Waals surface area contributed by atoms with Gasteiger partial charge in [-0.3, -0.25) is 14.7 Å². The molecule has 1 aliphatic heterocycles. The van der Waals surface area contributed by atoms with Crippen molar-refractivity contribution < 1.29 is 13.2 Å². The van der Waals surface area contributed by atoms with E-state index in [-0.39, 0.29) is 24.2 Å². The smallest absolute Gasteiger partial charge is 0.303 e. The van der Waals surface area contributed by atoms with Crippen molar-refractivity contribution in [2.24, 2.45) is 0 Å². The number of aromatic amines is 1. The average molecular weight is 379 g/mol. The number of pyridine rings is 1. The minimum absolute atomic E-state index is 0.171. The normalized spacial score (nSPS) is 15.4. The van der Waals surface area contributed by atoms with E-state index >= 15 is 0 Å². The molecule has 0 saturated carbocycles. The molecular weight excluding hydrogens is 368 g/mol. The maximum Gasteiger partial charge on any atom is 0.449 e. The second kappa shape index (κ2) is 6.34. The highest BCUT2D eigenvalue weighted by molar-refractivity contribution is 6.35. The first-order valence-electron chi connectivity index (χ1n) is 6.95. The third-order valence-corrected chi connectivity index (χ3v) is 4.40. The third-order valence-electron chi connectivity index (χ3n) is 3.75. The number of rotatable bonds is 2. The monoisotopic (exact) mass is 378 g/mol. The molecule has 0 fully saturated rings. The fourth-order valence-electron chi connectivity index (χ4n) is 2.56. The zero-order chi connectivity index (χ0) is 17.5. The molecule has 0 aliphatic carbocycles. The summed E-state index contributed by atoms with van der Waals surface area (Å²) in [6, 6.07) is 0. The summed E-state index contributed by atoms with van der Waals surface area (Å²) in [6.45, 7) is 0.973. The number of halogens is 5. The fourth-order valence-corrected chi connectivity index (χ4v) is 3.05. The summed E-state index contributed by atoms with van der Waals surface area (Å²) in [5.41, 5.74) is 0.293. The van der Waals surface area contributed by atoms with Gasteiger partial charge >= 0.3 is 6.18 Å². The lowest BCUT2D eigenvalue weighted by atomic mass is 10.1. The molecule has 0 spiro atoms. The van der Waals surface area contributed by atoms with E-state index in [1.807, 2.05) is 4.90 Å². The largest absolute Gasteiger partial charge is 0.449 e. The molecule has 0 unspecified atom stereocenters. The summed E-state index contributed by atoms with van der Waals surface area (Å²) in [4.78, 5) is 23.1. The van der Waals surface area contributed by atoms with Crippen LogP contribution in [0.4, 0.5) is 13.2 Å². The maximum atomic E-state index is 12.7. The molecule has 1 N–H and O–H groups in total. The molecule has 1 aliphatic rings. The number of hydrogen-bond acceptors (Lipinski definition) is 4. The average Bonchev–Trinajstić information content (AvgIpc) is 2.50. The lowest BCUT2D eigenvalue weighted by molar-refractivity contribution is -0.145. The Bertz CT molecular complexity index is 817. The SMILES string of the molecule is O=c1[nH]c(C(F)(F)F)nc2c1CN(Cc1c(Cl)cncc1Cl)CC2. The summed E-state index contributed by atoms with van der Waals surface area (Å²) in [5, 5.41) is 0.792. The molecule has 3 rings (SSSR count). The third kappa shape index (κ3) is 3.40. The molecular formula is C14H11Cl2F3N4O. The number of H-pyrrole nitrogens is 1. The Morgan fingerprint density at radius 2 is 1.92 bits per heavy atom. The molecule has 2 aromatic heterocycles. The van der Waals surface area contributed by atoms with E-state index in [4.69, 9.17) is 23.2 Å². The Balaban J connectivity index is 1.86. The maximum absolute atomic E-state index is 12.7. The van der Waals surface area contributed by atoms with Gasteiger partial charge in [0.05, 0.1) is 21.3 Å². The van der Waals surface area contributed by atoms with Gasteiger partial charge in [0.25, 0.3) is 5.56 Å². The van der Waals surface area contributed by atoms with Gasteiger partial charge in [0.1, 0.15) is 0 Å². The van der Waals surface area contributed by atoms with Gasteiger partial charge in [-0.1, -0.05) is 23.2 Å². The first-order chi connectivity index (χ1) is 11.3. The molecule has 0 radical (unpaired) electrons. The topological polar surface area (TPSA) is 61.9 Å². The van der Waals surface area contributed by atoms with Gasteiger partial charge in [0.2, 0.25) is 5.82 Å². The van der Waals surface area contributed by atoms with E-state index in [2.05, 4.69) is 9.97 Å². The van der Waals surface area contributed by atoms with Crippen LogP contribution in [0, 0.1) is 0 Å². The van der Waals surface area contributed by atoms with Crippen LogP contribution in [0.3, 0.4) is 0 Å². The van der Waals surface area contributed by atoms with Crippen molar-refractivity contribution in [3.05, 3.63) is 55.4 Å². The zero-order valence-corrected chi connectivity index (χ0v) is 13.6. The van der Waals surface area contributed by atoms with Gasteiger partial charge in [0.15, 0.2) is 0 Å². The van der Waals surface area contributed by atoms with Crippen LogP contribution in [0.2, 0.25) is 10.0 Å². The van der Waals surface area contributed by atoms with Gasteiger partial charge in [0, 0.05) is 44.0 Å². The van der Waals surface area contributed by atoms with Crippen molar-refractivity contribution in [1.82, 2.24) is 19.9 Å². The predicted octanol–water partition coefficient (Wildman–Crippen LogP) is 3.05. The van der Waals surface area contributed by atoms with Crippen LogP contribution < -0.4 is 5.56 Å². The van der Waals surface area contributed by atoms with Crippen molar-refractivity contribution in [2.45, 2.75) is 25.7 Å². The van der Waals surface area contributed by atoms with Gasteiger partial charge in [-0.15, -0.1) is 0 Å². The summed E-state index contributed by atoms with van der Waals surface area (Å²) >= 11 is 12.1. The Labute approximate surface area is 144 Å². The Morgan fingerprint density at radius 1 is 1.25 bits per heavy atom. The second-order valence-electron chi connectivity index (χ2n) is 5.38. The molecule has 0 saturated heterocycles. The van der Waals surface area contributed by atoms with Crippen molar-refractivity contribution in [3.63, 3.8) is 0 Å². The van der Waals surface area contributed by atoms with Crippen molar-refractivity contribution in [2.75, 3.05) is 6.54 Å². The number of alkyl halides is 3. The lowest BCUT2D eigenvalue weighted by Gasteiger charge is -2.28. The van der Waals surface area contributed by atoms with Gasteiger partial charge in [-0.05, 0) is 0 Å². The summed E-state index contributed by atoms with van der Waals surface area (Å²) in [5.74, 6) is -1.26. The molecule has 0 atom stereocenters. The van der Waals surface area contributed by atoms with Gasteiger partial charge in [-0.2, -0.15) is 13.2 Å². The van der Waals surface area contributed by atoms with E-state index < -0.39 is 17.6 Å². The molecule has 0 amide bonds. The number of nitrogens with one attached hydrogen (secondary N) is 1. The number of nitrogens with zero attached hydrogens (tertiary/aromatic N) is 3. The van der Waals surface area contributed by atoms with E-state index in [0.717, 1.165) is 0 Å². The van der Waals surface area contributed by atoms with Crippen LogP contribution in [0.1, 0.15) is 22.6 Å². The predicted molar refractivity (Wildman–Crippen MR) is 81.9 cm³/mol. The van der Waals surface area contributed by atoms with Crippen LogP contribution in [0.15, 0.2) is 17.2 Å². The Kier molecular flexibility index (Phi) is 4.54.